The van der Waals surface area contributed by atoms with E-state index in [2.05, 4.69) is 28.2 Å². The van der Waals surface area contributed by atoms with Gasteiger partial charge in [0, 0.05) is 26.2 Å². The van der Waals surface area contributed by atoms with Gasteiger partial charge in [-0.15, -0.1) is 0 Å². The van der Waals surface area contributed by atoms with Gasteiger partial charge in [-0.2, -0.15) is 0 Å². The molecule has 1 N–H and O–H groups in total. The fourth-order valence-electron chi connectivity index (χ4n) is 5.53. The van der Waals surface area contributed by atoms with Crippen molar-refractivity contribution in [3.8, 4) is 17.2 Å². The molecule has 4 heterocycles. The second-order valence-corrected chi connectivity index (χ2v) is 10.3. The van der Waals surface area contributed by atoms with Crippen molar-refractivity contribution in [1.29, 1.82) is 0 Å². The van der Waals surface area contributed by atoms with Crippen LogP contribution in [-0.2, 0) is 16.0 Å². The van der Waals surface area contributed by atoms with Gasteiger partial charge in [-0.1, -0.05) is 12.1 Å². The summed E-state index contributed by atoms with van der Waals surface area (Å²) in [5.41, 5.74) is 3.10. The van der Waals surface area contributed by atoms with Crippen molar-refractivity contribution in [2.75, 3.05) is 73.2 Å². The highest BCUT2D eigenvalue weighted by atomic mass is 16.5. The van der Waals surface area contributed by atoms with Crippen molar-refractivity contribution in [1.82, 2.24) is 20.0 Å². The van der Waals surface area contributed by atoms with E-state index in [4.69, 9.17) is 14.2 Å². The van der Waals surface area contributed by atoms with E-state index in [1.54, 1.807) is 7.11 Å². The quantitative estimate of drug-likeness (QED) is 0.661. The first-order chi connectivity index (χ1) is 18.5. The highest BCUT2D eigenvalue weighted by Crippen LogP contribution is 2.42. The lowest BCUT2D eigenvalue weighted by molar-refractivity contribution is -0.134. The Morgan fingerprint density at radius 2 is 1.97 bits per heavy atom. The van der Waals surface area contributed by atoms with Crippen molar-refractivity contribution < 1.29 is 23.8 Å². The SMILES string of the molecule is COc1cc2c3cc1OCC(=O)NCCCOc1cccc(c1)C2N(C(=O)CN1CCCN(C)CC1)CC3. The van der Waals surface area contributed by atoms with E-state index in [1.165, 1.54) is 0 Å². The predicted octanol–water partition coefficient (Wildman–Crippen LogP) is 2.08. The summed E-state index contributed by atoms with van der Waals surface area (Å²) in [6, 6.07) is 11.7. The topological polar surface area (TPSA) is 83.6 Å². The Morgan fingerprint density at radius 3 is 2.84 bits per heavy atom. The number of amides is 2. The Hall–Kier alpha value is -3.30. The largest absolute Gasteiger partial charge is 0.494 e. The number of rotatable bonds is 3. The summed E-state index contributed by atoms with van der Waals surface area (Å²) in [7, 11) is 3.73. The van der Waals surface area contributed by atoms with Crippen LogP contribution in [0.2, 0.25) is 0 Å². The average molecular weight is 523 g/mol. The number of nitrogens with one attached hydrogen (secondary N) is 1. The molecular formula is C29H38N4O5. The zero-order valence-electron chi connectivity index (χ0n) is 22.4. The molecule has 0 aliphatic carbocycles. The van der Waals surface area contributed by atoms with Gasteiger partial charge in [0.05, 0.1) is 26.3 Å². The monoisotopic (exact) mass is 522 g/mol. The molecule has 0 aromatic heterocycles. The number of likely N-dealkylation sites (N-methyl/N-ethyl adjacent to an activating group) is 1. The summed E-state index contributed by atoms with van der Waals surface area (Å²) >= 11 is 0. The molecule has 9 heteroatoms. The second kappa shape index (κ2) is 12.0. The molecular weight excluding hydrogens is 484 g/mol. The van der Waals surface area contributed by atoms with Gasteiger partial charge < -0.3 is 29.3 Å². The van der Waals surface area contributed by atoms with Gasteiger partial charge in [0.25, 0.3) is 5.91 Å². The van der Waals surface area contributed by atoms with Crippen LogP contribution in [0.25, 0.3) is 0 Å². The number of nitrogens with zero attached hydrogens (tertiary/aromatic N) is 3. The van der Waals surface area contributed by atoms with Gasteiger partial charge in [0.15, 0.2) is 18.1 Å². The fourth-order valence-corrected chi connectivity index (χ4v) is 5.53. The molecule has 4 aliphatic heterocycles. The molecule has 6 rings (SSSR count). The first-order valence-corrected chi connectivity index (χ1v) is 13.6. The van der Waals surface area contributed by atoms with Gasteiger partial charge in [0.2, 0.25) is 5.91 Å². The van der Waals surface area contributed by atoms with E-state index in [1.807, 2.05) is 35.2 Å². The Labute approximate surface area is 224 Å². The molecule has 1 unspecified atom stereocenters. The summed E-state index contributed by atoms with van der Waals surface area (Å²) in [6.45, 7) is 5.74. The number of methoxy groups -OCH3 is 1. The molecule has 9 nitrogen and oxygen atoms in total. The van der Waals surface area contributed by atoms with Crippen molar-refractivity contribution in [2.24, 2.45) is 0 Å². The first-order valence-electron chi connectivity index (χ1n) is 13.6. The third kappa shape index (κ3) is 6.05. The maximum Gasteiger partial charge on any atom is 0.257 e. The molecule has 0 saturated carbocycles. The number of benzene rings is 2. The number of carbonyl (C=O) groups is 2. The van der Waals surface area contributed by atoms with Gasteiger partial charge in [0.1, 0.15) is 5.75 Å². The predicted molar refractivity (Wildman–Crippen MR) is 144 cm³/mol. The molecule has 6 bridgehead atoms. The molecule has 204 valence electrons. The summed E-state index contributed by atoms with van der Waals surface area (Å²) in [5, 5.41) is 2.87. The van der Waals surface area contributed by atoms with Gasteiger partial charge in [-0.3, -0.25) is 14.5 Å². The minimum absolute atomic E-state index is 0.0892. The van der Waals surface area contributed by atoms with E-state index >= 15 is 0 Å². The molecule has 1 fully saturated rings. The van der Waals surface area contributed by atoms with Gasteiger partial charge in [-0.25, -0.2) is 0 Å². The van der Waals surface area contributed by atoms with Crippen LogP contribution in [0.5, 0.6) is 17.2 Å². The van der Waals surface area contributed by atoms with Crippen LogP contribution >= 0.6 is 0 Å². The maximum absolute atomic E-state index is 13.9. The third-order valence-electron chi connectivity index (χ3n) is 7.59. The first kappa shape index (κ1) is 26.3. The van der Waals surface area contributed by atoms with Crippen molar-refractivity contribution >= 4 is 11.8 Å². The van der Waals surface area contributed by atoms with E-state index in [0.717, 1.165) is 55.0 Å². The van der Waals surface area contributed by atoms with E-state index in [0.29, 0.717) is 50.6 Å². The second-order valence-electron chi connectivity index (χ2n) is 10.3. The Balaban J connectivity index is 1.51. The lowest BCUT2D eigenvalue weighted by Crippen LogP contribution is -2.46. The van der Waals surface area contributed by atoms with Crippen LogP contribution in [0, 0.1) is 0 Å². The Bertz CT molecular complexity index is 1160. The molecule has 38 heavy (non-hydrogen) atoms. The zero-order valence-corrected chi connectivity index (χ0v) is 22.4. The maximum atomic E-state index is 13.9. The van der Waals surface area contributed by atoms with Gasteiger partial charge >= 0.3 is 0 Å². The summed E-state index contributed by atoms with van der Waals surface area (Å²) in [6.07, 6.45) is 2.44. The van der Waals surface area contributed by atoms with E-state index < -0.39 is 0 Å². The molecule has 1 atom stereocenters. The van der Waals surface area contributed by atoms with E-state index in [-0.39, 0.29) is 24.5 Å². The molecule has 0 spiro atoms. The molecule has 1 saturated heterocycles. The minimum Gasteiger partial charge on any atom is -0.494 e. The smallest absolute Gasteiger partial charge is 0.257 e. The van der Waals surface area contributed by atoms with Crippen LogP contribution in [0.3, 0.4) is 0 Å². The van der Waals surface area contributed by atoms with Crippen LogP contribution in [0.1, 0.15) is 35.6 Å². The fraction of sp³-hybridized carbons (Fsp3) is 0.517. The minimum atomic E-state index is -0.274. The highest BCUT2D eigenvalue weighted by molar-refractivity contribution is 5.80. The van der Waals surface area contributed by atoms with Crippen molar-refractivity contribution in [2.45, 2.75) is 25.3 Å². The number of hydrogen-bond donors (Lipinski definition) is 1. The Kier molecular flexibility index (Phi) is 8.34. The lowest BCUT2D eigenvalue weighted by Gasteiger charge is -2.39. The molecule has 2 aromatic rings. The Morgan fingerprint density at radius 1 is 1.08 bits per heavy atom. The summed E-state index contributed by atoms with van der Waals surface area (Å²) in [5.74, 6) is 1.78. The normalized spacial score (nSPS) is 21.2. The zero-order chi connectivity index (χ0) is 26.5. The molecule has 2 amide bonds. The van der Waals surface area contributed by atoms with Crippen LogP contribution in [-0.4, -0.2) is 99.7 Å². The van der Waals surface area contributed by atoms with Crippen molar-refractivity contribution in [3.05, 3.63) is 53.1 Å². The van der Waals surface area contributed by atoms with E-state index in [9.17, 15) is 9.59 Å². The van der Waals surface area contributed by atoms with Crippen LogP contribution in [0.15, 0.2) is 36.4 Å². The number of ether oxygens (including phenoxy) is 3. The van der Waals surface area contributed by atoms with Crippen LogP contribution < -0.4 is 19.5 Å². The molecule has 0 radical (unpaired) electrons. The third-order valence-corrected chi connectivity index (χ3v) is 7.59. The lowest BCUT2D eigenvalue weighted by atomic mass is 9.87. The summed E-state index contributed by atoms with van der Waals surface area (Å²) < 4.78 is 17.6. The number of carbonyl (C=O) groups excluding carboxylic acids is 2. The number of hydrogen-bond acceptors (Lipinski definition) is 7. The molecule has 2 aromatic carbocycles. The summed E-state index contributed by atoms with van der Waals surface area (Å²) in [4.78, 5) is 32.8. The van der Waals surface area contributed by atoms with Crippen molar-refractivity contribution in [3.63, 3.8) is 0 Å². The van der Waals surface area contributed by atoms with Crippen LogP contribution in [0.4, 0.5) is 0 Å². The standard InChI is InChI=1S/C29H38N4O5/c1-31-10-5-11-32(14-13-31)19-28(35)33-12-8-21-17-26-25(36-2)18-24(21)29(33)22-6-3-7-23(16-22)37-15-4-9-30-27(34)20-38-26/h3,6-7,16-18,29H,4-5,8-15,19-20H2,1-2H3,(H,30,34). The number of fused-ring (bicyclic) bond motifs is 8. The van der Waals surface area contributed by atoms with Gasteiger partial charge in [-0.05, 0) is 80.4 Å². The highest BCUT2D eigenvalue weighted by Gasteiger charge is 2.34. The molecule has 4 aliphatic rings. The average Bonchev–Trinajstić information content (AvgIpc) is 3.13.